The molecule has 2 heteroatoms. The molecular formula is C32H42O2. The Morgan fingerprint density at radius 1 is 0.794 bits per heavy atom. The summed E-state index contributed by atoms with van der Waals surface area (Å²) < 4.78 is 5.38. The highest BCUT2D eigenvalue weighted by atomic mass is 16.5. The van der Waals surface area contributed by atoms with Gasteiger partial charge in [-0.15, -0.1) is 0 Å². The molecule has 0 amide bonds. The lowest BCUT2D eigenvalue weighted by atomic mass is 9.77. The summed E-state index contributed by atoms with van der Waals surface area (Å²) in [6, 6.07) is 18.4. The first-order valence-electron chi connectivity index (χ1n) is 13.7. The molecular weight excluding hydrogens is 416 g/mol. The zero-order valence-electron chi connectivity index (χ0n) is 21.2. The molecule has 1 fully saturated rings. The molecule has 34 heavy (non-hydrogen) atoms. The number of benzene rings is 2. The molecule has 1 saturated carbocycles. The lowest BCUT2D eigenvalue weighted by molar-refractivity contribution is -0.139. The fraction of sp³-hybridized carbons (Fsp3) is 0.531. The molecule has 0 radical (unpaired) electrons. The fourth-order valence-electron chi connectivity index (χ4n) is 5.81. The monoisotopic (exact) mass is 458 g/mol. The van der Waals surface area contributed by atoms with Gasteiger partial charge in [-0.05, 0) is 91.4 Å². The zero-order valence-corrected chi connectivity index (χ0v) is 21.2. The Kier molecular flexibility index (Phi) is 9.02. The van der Waals surface area contributed by atoms with Gasteiger partial charge >= 0.3 is 5.97 Å². The van der Waals surface area contributed by atoms with Gasteiger partial charge < -0.3 is 4.74 Å². The number of ether oxygens (including phenoxy) is 1. The molecule has 4 rings (SSSR count). The molecule has 0 bridgehead atoms. The first-order chi connectivity index (χ1) is 16.7. The zero-order chi connectivity index (χ0) is 23.8. The largest absolute Gasteiger partial charge is 0.462 e. The van der Waals surface area contributed by atoms with Crippen molar-refractivity contribution in [1.82, 2.24) is 0 Å². The third kappa shape index (κ3) is 6.40. The maximum Gasteiger partial charge on any atom is 0.333 e. The van der Waals surface area contributed by atoms with E-state index in [1.165, 1.54) is 60.8 Å². The van der Waals surface area contributed by atoms with Crippen LogP contribution in [0.25, 0.3) is 11.1 Å². The predicted molar refractivity (Wildman–Crippen MR) is 142 cm³/mol. The van der Waals surface area contributed by atoms with Crippen LogP contribution in [0.4, 0.5) is 0 Å². The maximum absolute atomic E-state index is 12.2. The van der Waals surface area contributed by atoms with Crippen molar-refractivity contribution in [1.29, 1.82) is 0 Å². The first kappa shape index (κ1) is 24.8. The van der Waals surface area contributed by atoms with E-state index in [0.717, 1.165) is 49.5 Å². The van der Waals surface area contributed by atoms with E-state index in [4.69, 9.17) is 4.74 Å². The third-order valence-corrected chi connectivity index (χ3v) is 8.05. The number of rotatable bonds is 9. The van der Waals surface area contributed by atoms with Gasteiger partial charge in [0.05, 0.1) is 6.61 Å². The van der Waals surface area contributed by atoms with E-state index in [1.807, 2.05) is 0 Å². The summed E-state index contributed by atoms with van der Waals surface area (Å²) >= 11 is 0. The SMILES string of the molecule is CCCCOC(=O)C1=CCC(c2ccc(-c3ccc([C@H]4CC[C@H](CCC)CC4)cc3)cc2)CC1. The van der Waals surface area contributed by atoms with Crippen LogP contribution in [0, 0.1) is 5.92 Å². The Bertz CT molecular complexity index is 930. The highest BCUT2D eigenvalue weighted by molar-refractivity contribution is 5.88. The number of unbranched alkanes of at least 4 members (excludes halogenated alkanes) is 1. The molecule has 1 atom stereocenters. The summed E-state index contributed by atoms with van der Waals surface area (Å²) in [5.74, 6) is 2.09. The second-order valence-electron chi connectivity index (χ2n) is 10.4. The molecule has 0 saturated heterocycles. The summed E-state index contributed by atoms with van der Waals surface area (Å²) in [6.07, 6.45) is 15.1. The van der Waals surface area contributed by atoms with Crippen molar-refractivity contribution in [2.45, 2.75) is 96.3 Å². The Hall–Kier alpha value is -2.35. The predicted octanol–water partition coefficient (Wildman–Crippen LogP) is 8.96. The van der Waals surface area contributed by atoms with Crippen LogP contribution in [0.3, 0.4) is 0 Å². The summed E-state index contributed by atoms with van der Waals surface area (Å²) in [6.45, 7) is 4.96. The van der Waals surface area contributed by atoms with Crippen LogP contribution in [0.5, 0.6) is 0 Å². The molecule has 0 aliphatic heterocycles. The van der Waals surface area contributed by atoms with Gasteiger partial charge in [0.15, 0.2) is 0 Å². The molecule has 1 unspecified atom stereocenters. The Labute approximate surface area is 206 Å². The van der Waals surface area contributed by atoms with Gasteiger partial charge in [0.25, 0.3) is 0 Å². The van der Waals surface area contributed by atoms with Gasteiger partial charge in [0.1, 0.15) is 0 Å². The van der Waals surface area contributed by atoms with Gasteiger partial charge in [-0.1, -0.05) is 87.7 Å². The summed E-state index contributed by atoms with van der Waals surface area (Å²) in [7, 11) is 0. The standard InChI is InChI=1S/C32H42O2/c1-3-5-23-34-32(33)31-21-19-30(20-22-31)29-17-15-28(16-18-29)27-13-11-26(12-14-27)25-9-7-24(6-4-2)8-10-25/h11-18,21,24-25,30H,3-10,19-20,22-23H2,1-2H3/t24-,25-,30?. The third-order valence-electron chi connectivity index (χ3n) is 8.05. The molecule has 0 N–H and O–H groups in total. The van der Waals surface area contributed by atoms with Gasteiger partial charge in [-0.3, -0.25) is 0 Å². The van der Waals surface area contributed by atoms with Crippen molar-refractivity contribution in [3.8, 4) is 11.1 Å². The topological polar surface area (TPSA) is 26.3 Å². The van der Waals surface area contributed by atoms with Crippen molar-refractivity contribution >= 4 is 5.97 Å². The number of esters is 1. The summed E-state index contributed by atoms with van der Waals surface area (Å²) in [5.41, 5.74) is 6.35. The average Bonchev–Trinajstić information content (AvgIpc) is 2.90. The van der Waals surface area contributed by atoms with Crippen LogP contribution in [0.1, 0.15) is 107 Å². The van der Waals surface area contributed by atoms with E-state index in [-0.39, 0.29) is 5.97 Å². The summed E-state index contributed by atoms with van der Waals surface area (Å²) in [4.78, 5) is 12.2. The van der Waals surface area contributed by atoms with Crippen molar-refractivity contribution in [2.24, 2.45) is 5.92 Å². The van der Waals surface area contributed by atoms with Gasteiger partial charge in [-0.25, -0.2) is 4.79 Å². The quantitative estimate of drug-likeness (QED) is 0.277. The Morgan fingerprint density at radius 3 is 1.94 bits per heavy atom. The van der Waals surface area contributed by atoms with Crippen LogP contribution in [0.2, 0.25) is 0 Å². The van der Waals surface area contributed by atoms with E-state index < -0.39 is 0 Å². The molecule has 2 aliphatic carbocycles. The minimum Gasteiger partial charge on any atom is -0.462 e. The smallest absolute Gasteiger partial charge is 0.333 e. The van der Waals surface area contributed by atoms with Crippen LogP contribution < -0.4 is 0 Å². The minimum atomic E-state index is -0.111. The van der Waals surface area contributed by atoms with Crippen LogP contribution in [-0.2, 0) is 9.53 Å². The normalized spacial score (nSPS) is 22.8. The molecule has 0 spiro atoms. The molecule has 2 nitrogen and oxygen atoms in total. The van der Waals surface area contributed by atoms with Gasteiger partial charge in [-0.2, -0.15) is 0 Å². The Morgan fingerprint density at radius 2 is 1.41 bits per heavy atom. The number of hydrogen-bond donors (Lipinski definition) is 0. The van der Waals surface area contributed by atoms with E-state index >= 15 is 0 Å². The number of hydrogen-bond acceptors (Lipinski definition) is 2. The van der Waals surface area contributed by atoms with E-state index in [1.54, 1.807) is 0 Å². The lowest BCUT2D eigenvalue weighted by Crippen LogP contribution is -2.14. The average molecular weight is 459 g/mol. The molecule has 182 valence electrons. The molecule has 2 aromatic carbocycles. The van der Waals surface area contributed by atoms with Gasteiger partial charge in [0.2, 0.25) is 0 Å². The van der Waals surface area contributed by atoms with Crippen LogP contribution in [0.15, 0.2) is 60.2 Å². The van der Waals surface area contributed by atoms with Crippen molar-refractivity contribution in [3.63, 3.8) is 0 Å². The Balaban J connectivity index is 1.31. The second-order valence-corrected chi connectivity index (χ2v) is 10.4. The van der Waals surface area contributed by atoms with Crippen molar-refractivity contribution in [3.05, 3.63) is 71.3 Å². The molecule has 2 aromatic rings. The molecule has 0 aromatic heterocycles. The number of allylic oxidation sites excluding steroid dienone is 1. The highest BCUT2D eigenvalue weighted by Crippen LogP contribution is 2.38. The van der Waals surface area contributed by atoms with E-state index in [0.29, 0.717) is 12.5 Å². The fourth-order valence-corrected chi connectivity index (χ4v) is 5.81. The van der Waals surface area contributed by atoms with Gasteiger partial charge in [0, 0.05) is 5.57 Å². The van der Waals surface area contributed by atoms with Crippen molar-refractivity contribution < 1.29 is 9.53 Å². The van der Waals surface area contributed by atoms with E-state index in [9.17, 15) is 4.79 Å². The summed E-state index contributed by atoms with van der Waals surface area (Å²) in [5, 5.41) is 0. The highest BCUT2D eigenvalue weighted by Gasteiger charge is 2.22. The lowest BCUT2D eigenvalue weighted by Gasteiger charge is -2.28. The number of carbonyl (C=O) groups is 1. The molecule has 0 heterocycles. The van der Waals surface area contributed by atoms with E-state index in [2.05, 4.69) is 68.5 Å². The number of carbonyl (C=O) groups excluding carboxylic acids is 1. The maximum atomic E-state index is 12.2. The first-order valence-corrected chi connectivity index (χ1v) is 13.7. The van der Waals surface area contributed by atoms with Crippen LogP contribution in [-0.4, -0.2) is 12.6 Å². The van der Waals surface area contributed by atoms with Crippen LogP contribution >= 0.6 is 0 Å². The molecule has 2 aliphatic rings. The second kappa shape index (κ2) is 12.4. The van der Waals surface area contributed by atoms with Crippen molar-refractivity contribution in [2.75, 3.05) is 6.61 Å². The minimum absolute atomic E-state index is 0.111.